The number of carbonyl (C=O) groups excluding carboxylic acids is 1. The van der Waals surface area contributed by atoms with Crippen LogP contribution in [0.5, 0.6) is 0 Å². The van der Waals surface area contributed by atoms with Crippen LogP contribution in [0.4, 0.5) is 5.82 Å². The molecule has 2 aliphatic rings. The fourth-order valence-corrected chi connectivity index (χ4v) is 5.96. The number of aromatic nitrogens is 1. The van der Waals surface area contributed by atoms with Crippen LogP contribution in [-0.2, 0) is 21.4 Å². The summed E-state index contributed by atoms with van der Waals surface area (Å²) >= 11 is 0. The second-order valence-corrected chi connectivity index (χ2v) is 10.8. The van der Waals surface area contributed by atoms with E-state index in [-0.39, 0.29) is 11.8 Å². The van der Waals surface area contributed by atoms with Gasteiger partial charge in [-0.1, -0.05) is 6.07 Å². The fraction of sp³-hybridized carbons (Fsp3) is 0.500. The predicted molar refractivity (Wildman–Crippen MR) is 125 cm³/mol. The molecule has 8 heteroatoms. The van der Waals surface area contributed by atoms with E-state index in [0.717, 1.165) is 35.6 Å². The Labute approximate surface area is 190 Å². The molecular formula is C24H32N4O3S. The molecule has 2 aliphatic heterocycles. The van der Waals surface area contributed by atoms with Gasteiger partial charge < -0.3 is 10.2 Å². The molecule has 2 fully saturated rings. The van der Waals surface area contributed by atoms with Crippen LogP contribution < -0.4 is 10.2 Å². The molecule has 0 saturated carbocycles. The van der Waals surface area contributed by atoms with E-state index in [1.54, 1.807) is 18.3 Å². The zero-order valence-electron chi connectivity index (χ0n) is 18.9. The molecule has 0 bridgehead atoms. The van der Waals surface area contributed by atoms with Gasteiger partial charge in [0.05, 0.1) is 4.90 Å². The van der Waals surface area contributed by atoms with E-state index in [1.807, 2.05) is 32.0 Å². The predicted octanol–water partition coefficient (Wildman–Crippen LogP) is 3.02. The van der Waals surface area contributed by atoms with Crippen LogP contribution in [0.1, 0.15) is 42.4 Å². The van der Waals surface area contributed by atoms with Crippen LogP contribution in [0.3, 0.4) is 0 Å². The number of hydrogen-bond donors (Lipinski definition) is 1. The van der Waals surface area contributed by atoms with Gasteiger partial charge in [0.2, 0.25) is 15.9 Å². The minimum atomic E-state index is -3.53. The number of anilines is 1. The van der Waals surface area contributed by atoms with Gasteiger partial charge in [-0.15, -0.1) is 0 Å². The first-order valence-corrected chi connectivity index (χ1v) is 12.8. The second kappa shape index (κ2) is 9.58. The minimum absolute atomic E-state index is 0.00670. The number of benzene rings is 1. The van der Waals surface area contributed by atoms with E-state index in [9.17, 15) is 13.2 Å². The first kappa shape index (κ1) is 22.7. The summed E-state index contributed by atoms with van der Waals surface area (Å²) in [6.07, 6.45) is 5.25. The number of pyridine rings is 1. The van der Waals surface area contributed by atoms with E-state index >= 15 is 0 Å². The molecule has 3 heterocycles. The summed E-state index contributed by atoms with van der Waals surface area (Å²) < 4.78 is 27.5. The summed E-state index contributed by atoms with van der Waals surface area (Å²) in [6.45, 7) is 7.14. The number of hydrogen-bond acceptors (Lipinski definition) is 5. The van der Waals surface area contributed by atoms with Gasteiger partial charge in [-0.2, -0.15) is 4.31 Å². The zero-order valence-corrected chi connectivity index (χ0v) is 19.7. The van der Waals surface area contributed by atoms with Gasteiger partial charge in [-0.25, -0.2) is 13.4 Å². The van der Waals surface area contributed by atoms with Crippen LogP contribution in [0.15, 0.2) is 41.4 Å². The van der Waals surface area contributed by atoms with Crippen molar-refractivity contribution in [1.29, 1.82) is 0 Å². The molecule has 172 valence electrons. The summed E-state index contributed by atoms with van der Waals surface area (Å²) in [7, 11) is -3.53. The number of nitrogens with one attached hydrogen (secondary N) is 1. The molecule has 4 rings (SSSR count). The monoisotopic (exact) mass is 456 g/mol. The van der Waals surface area contributed by atoms with E-state index in [1.165, 1.54) is 17.1 Å². The van der Waals surface area contributed by atoms with Crippen LogP contribution in [-0.4, -0.2) is 49.8 Å². The summed E-state index contributed by atoms with van der Waals surface area (Å²) in [5.41, 5.74) is 3.07. The maximum atomic E-state index is 13.0. The van der Waals surface area contributed by atoms with Crippen molar-refractivity contribution in [2.75, 3.05) is 31.1 Å². The molecule has 2 saturated heterocycles. The Kier molecular flexibility index (Phi) is 6.81. The van der Waals surface area contributed by atoms with Crippen molar-refractivity contribution in [2.24, 2.45) is 5.92 Å². The minimum Gasteiger partial charge on any atom is -0.357 e. The van der Waals surface area contributed by atoms with E-state index in [2.05, 4.69) is 15.2 Å². The van der Waals surface area contributed by atoms with Gasteiger partial charge >= 0.3 is 0 Å². The van der Waals surface area contributed by atoms with Crippen molar-refractivity contribution in [3.05, 3.63) is 53.2 Å². The molecule has 1 amide bonds. The molecule has 2 aromatic rings. The molecule has 1 aromatic heterocycles. The molecular weight excluding hydrogens is 424 g/mol. The standard InChI is InChI=1S/C24H32N4O3S/c1-18-5-6-22(15-19(18)2)32(30,31)28-13-8-21(9-14-28)24(29)26-17-20-7-10-25-23(16-20)27-11-3-4-12-27/h5-7,10,15-16,21H,3-4,8-9,11-14,17H2,1-2H3,(H,26,29). The van der Waals surface area contributed by atoms with Gasteiger partial charge in [0, 0.05) is 44.8 Å². The normalized spacial score (nSPS) is 18.1. The Morgan fingerprint density at radius 2 is 1.75 bits per heavy atom. The number of nitrogens with zero attached hydrogens (tertiary/aromatic N) is 3. The third-order valence-corrected chi connectivity index (χ3v) is 8.54. The molecule has 0 aliphatic carbocycles. The average molecular weight is 457 g/mol. The largest absolute Gasteiger partial charge is 0.357 e. The molecule has 1 aromatic carbocycles. The molecule has 0 spiro atoms. The first-order chi connectivity index (χ1) is 15.3. The topological polar surface area (TPSA) is 82.6 Å². The lowest BCUT2D eigenvalue weighted by molar-refractivity contribution is -0.126. The highest BCUT2D eigenvalue weighted by Gasteiger charge is 2.32. The molecule has 0 unspecified atom stereocenters. The Morgan fingerprint density at radius 3 is 2.44 bits per heavy atom. The van der Waals surface area contributed by atoms with Gasteiger partial charge in [0.1, 0.15) is 5.82 Å². The SMILES string of the molecule is Cc1ccc(S(=O)(=O)N2CCC(C(=O)NCc3ccnc(N4CCCC4)c3)CC2)cc1C. The van der Waals surface area contributed by atoms with Gasteiger partial charge in [-0.3, -0.25) is 4.79 Å². The molecule has 7 nitrogen and oxygen atoms in total. The number of sulfonamides is 1. The highest BCUT2D eigenvalue weighted by Crippen LogP contribution is 2.25. The second-order valence-electron chi connectivity index (χ2n) is 8.86. The van der Waals surface area contributed by atoms with Crippen LogP contribution in [0.2, 0.25) is 0 Å². The zero-order chi connectivity index (χ0) is 22.7. The Hall–Kier alpha value is -2.45. The maximum Gasteiger partial charge on any atom is 0.243 e. The molecule has 1 N–H and O–H groups in total. The van der Waals surface area contributed by atoms with Crippen molar-refractivity contribution in [1.82, 2.24) is 14.6 Å². The van der Waals surface area contributed by atoms with E-state index < -0.39 is 10.0 Å². The summed E-state index contributed by atoms with van der Waals surface area (Å²) in [5, 5.41) is 3.03. The molecule has 32 heavy (non-hydrogen) atoms. The average Bonchev–Trinajstić information content (AvgIpc) is 3.34. The van der Waals surface area contributed by atoms with Gasteiger partial charge in [-0.05, 0) is 80.5 Å². The summed E-state index contributed by atoms with van der Waals surface area (Å²) in [5.74, 6) is 0.799. The fourth-order valence-electron chi connectivity index (χ4n) is 4.40. The highest BCUT2D eigenvalue weighted by molar-refractivity contribution is 7.89. The number of piperidine rings is 1. The van der Waals surface area contributed by atoms with Gasteiger partial charge in [0.25, 0.3) is 0 Å². The van der Waals surface area contributed by atoms with E-state index in [0.29, 0.717) is 37.4 Å². The van der Waals surface area contributed by atoms with Crippen molar-refractivity contribution in [2.45, 2.75) is 51.0 Å². The lowest BCUT2D eigenvalue weighted by Gasteiger charge is -2.30. The molecule has 0 atom stereocenters. The van der Waals surface area contributed by atoms with Crippen molar-refractivity contribution < 1.29 is 13.2 Å². The van der Waals surface area contributed by atoms with Crippen molar-refractivity contribution >= 4 is 21.7 Å². The lowest BCUT2D eigenvalue weighted by Crippen LogP contribution is -2.42. The van der Waals surface area contributed by atoms with Gasteiger partial charge in [0.15, 0.2) is 0 Å². The maximum absolute atomic E-state index is 13.0. The smallest absolute Gasteiger partial charge is 0.243 e. The number of rotatable bonds is 6. The summed E-state index contributed by atoms with van der Waals surface area (Å²) in [4.78, 5) is 19.8. The number of amides is 1. The first-order valence-electron chi connectivity index (χ1n) is 11.4. The lowest BCUT2D eigenvalue weighted by atomic mass is 9.97. The highest BCUT2D eigenvalue weighted by atomic mass is 32.2. The Morgan fingerprint density at radius 1 is 1.03 bits per heavy atom. The van der Waals surface area contributed by atoms with Crippen LogP contribution in [0, 0.1) is 19.8 Å². The Balaban J connectivity index is 1.31. The summed E-state index contributed by atoms with van der Waals surface area (Å²) in [6, 6.07) is 9.22. The third kappa shape index (κ3) is 4.96. The molecule has 0 radical (unpaired) electrons. The van der Waals surface area contributed by atoms with E-state index in [4.69, 9.17) is 0 Å². The quantitative estimate of drug-likeness (QED) is 0.723. The van der Waals surface area contributed by atoms with Crippen molar-refractivity contribution in [3.63, 3.8) is 0 Å². The number of carbonyl (C=O) groups is 1. The third-order valence-electron chi connectivity index (χ3n) is 6.65. The number of aryl methyl sites for hydroxylation is 2. The van der Waals surface area contributed by atoms with Crippen LogP contribution in [0.25, 0.3) is 0 Å². The Bertz CT molecular complexity index is 1070. The van der Waals surface area contributed by atoms with Crippen LogP contribution >= 0.6 is 0 Å². The van der Waals surface area contributed by atoms with Crippen molar-refractivity contribution in [3.8, 4) is 0 Å².